The molecule has 2 N–H and O–H groups in total. The number of guanidine groups is 1. The molecule has 6 nitrogen and oxygen atoms in total. The van der Waals surface area contributed by atoms with Crippen LogP contribution in [0.5, 0.6) is 5.75 Å². The summed E-state index contributed by atoms with van der Waals surface area (Å²) >= 11 is 0. The number of fused-ring (bicyclic) bond motifs is 1. The molecule has 1 aliphatic heterocycles. The minimum absolute atomic E-state index is 0.164. The van der Waals surface area contributed by atoms with Crippen LogP contribution in [0, 0.1) is 0 Å². The summed E-state index contributed by atoms with van der Waals surface area (Å²) in [5.41, 5.74) is 1.28. The van der Waals surface area contributed by atoms with E-state index in [2.05, 4.69) is 37.3 Å². The topological polar surface area (TPSA) is 63.5 Å². The molecule has 1 unspecified atom stereocenters. The quantitative estimate of drug-likeness (QED) is 0.481. The van der Waals surface area contributed by atoms with Crippen molar-refractivity contribution < 1.29 is 4.74 Å². The van der Waals surface area contributed by atoms with Crippen molar-refractivity contribution in [3.8, 4) is 5.75 Å². The van der Waals surface area contributed by atoms with Crippen molar-refractivity contribution in [1.82, 2.24) is 20.2 Å². The van der Waals surface area contributed by atoms with Crippen molar-refractivity contribution >= 4 is 5.96 Å². The maximum Gasteiger partial charge on any atom is 0.191 e. The van der Waals surface area contributed by atoms with Gasteiger partial charge >= 0.3 is 0 Å². The monoisotopic (exact) mass is 313 g/mol. The fourth-order valence-electron chi connectivity index (χ4n) is 2.69. The lowest BCUT2D eigenvalue weighted by Gasteiger charge is -2.15. The Bertz CT molecular complexity index is 613. The SMILES string of the molecule is CN=C(NCCCn1ccnc1)NCC1Cc2ccccc2O1. The van der Waals surface area contributed by atoms with Crippen molar-refractivity contribution in [3.63, 3.8) is 0 Å². The molecule has 0 amide bonds. The summed E-state index contributed by atoms with van der Waals surface area (Å²) in [5, 5.41) is 6.66. The standard InChI is InChI=1S/C17H23N5O/c1-18-17(20-7-4-9-22-10-8-19-13-22)21-12-15-11-14-5-2-3-6-16(14)23-15/h2-3,5-6,8,10,13,15H,4,7,9,11-12H2,1H3,(H2,18,20,21). The van der Waals surface area contributed by atoms with Crippen molar-refractivity contribution in [2.24, 2.45) is 4.99 Å². The minimum Gasteiger partial charge on any atom is -0.488 e. The molecule has 0 radical (unpaired) electrons. The molecule has 1 aromatic heterocycles. The Balaban J connectivity index is 1.35. The predicted octanol–water partition coefficient (Wildman–Crippen LogP) is 1.44. The van der Waals surface area contributed by atoms with Crippen molar-refractivity contribution in [3.05, 3.63) is 48.5 Å². The maximum atomic E-state index is 5.92. The summed E-state index contributed by atoms with van der Waals surface area (Å²) in [6.07, 6.45) is 7.73. The van der Waals surface area contributed by atoms with Crippen LogP contribution < -0.4 is 15.4 Å². The summed E-state index contributed by atoms with van der Waals surface area (Å²) in [7, 11) is 1.79. The van der Waals surface area contributed by atoms with Crippen LogP contribution in [0.25, 0.3) is 0 Å². The third kappa shape index (κ3) is 4.25. The number of benzene rings is 1. The van der Waals surface area contributed by atoms with E-state index in [1.165, 1.54) is 5.56 Å². The second-order valence-electron chi connectivity index (χ2n) is 5.59. The van der Waals surface area contributed by atoms with E-state index < -0.39 is 0 Å². The first-order chi connectivity index (χ1) is 11.3. The van der Waals surface area contributed by atoms with Crippen molar-refractivity contribution in [2.45, 2.75) is 25.5 Å². The predicted molar refractivity (Wildman–Crippen MR) is 90.8 cm³/mol. The number of imidazole rings is 1. The van der Waals surface area contributed by atoms with E-state index in [4.69, 9.17) is 4.74 Å². The van der Waals surface area contributed by atoms with Crippen LogP contribution in [-0.2, 0) is 13.0 Å². The Labute approximate surface area is 136 Å². The highest BCUT2D eigenvalue weighted by Gasteiger charge is 2.22. The van der Waals surface area contributed by atoms with E-state index in [0.717, 1.165) is 44.2 Å². The molecule has 2 aromatic rings. The van der Waals surface area contributed by atoms with Gasteiger partial charge in [-0.25, -0.2) is 4.98 Å². The summed E-state index contributed by atoms with van der Waals surface area (Å²) in [6.45, 7) is 2.56. The zero-order chi connectivity index (χ0) is 15.9. The number of ether oxygens (including phenoxy) is 1. The molecule has 2 heterocycles. The highest BCUT2D eigenvalue weighted by atomic mass is 16.5. The minimum atomic E-state index is 0.164. The summed E-state index contributed by atoms with van der Waals surface area (Å²) in [5.74, 6) is 1.82. The van der Waals surface area contributed by atoms with Crippen molar-refractivity contribution in [1.29, 1.82) is 0 Å². The van der Waals surface area contributed by atoms with Crippen LogP contribution in [0.3, 0.4) is 0 Å². The molecule has 0 aliphatic carbocycles. The summed E-state index contributed by atoms with van der Waals surface area (Å²) in [4.78, 5) is 8.29. The number of nitrogens with one attached hydrogen (secondary N) is 2. The van der Waals surface area contributed by atoms with E-state index in [0.29, 0.717) is 0 Å². The first kappa shape index (κ1) is 15.4. The van der Waals surface area contributed by atoms with Gasteiger partial charge in [0.15, 0.2) is 5.96 Å². The largest absolute Gasteiger partial charge is 0.488 e. The third-order valence-electron chi connectivity index (χ3n) is 3.88. The van der Waals surface area contributed by atoms with E-state index in [-0.39, 0.29) is 6.10 Å². The number of para-hydroxylation sites is 1. The van der Waals surface area contributed by atoms with Crippen LogP contribution in [-0.4, -0.2) is 41.8 Å². The Hall–Kier alpha value is -2.50. The molecule has 0 fully saturated rings. The van der Waals surface area contributed by atoms with Gasteiger partial charge in [0.25, 0.3) is 0 Å². The van der Waals surface area contributed by atoms with Gasteiger partial charge in [-0.1, -0.05) is 18.2 Å². The summed E-state index contributed by atoms with van der Waals surface area (Å²) < 4.78 is 7.99. The lowest BCUT2D eigenvalue weighted by atomic mass is 10.1. The van der Waals surface area contributed by atoms with Gasteiger partial charge in [-0.05, 0) is 18.1 Å². The molecule has 3 rings (SSSR count). The lowest BCUT2D eigenvalue weighted by Crippen LogP contribution is -2.42. The Kier molecular flexibility index (Phi) is 5.13. The number of nitrogens with zero attached hydrogens (tertiary/aromatic N) is 3. The van der Waals surface area contributed by atoms with Crippen LogP contribution in [0.4, 0.5) is 0 Å². The first-order valence-corrected chi connectivity index (χ1v) is 8.00. The molecule has 1 atom stereocenters. The van der Waals surface area contributed by atoms with Crippen molar-refractivity contribution in [2.75, 3.05) is 20.1 Å². The van der Waals surface area contributed by atoms with Gasteiger partial charge in [-0.15, -0.1) is 0 Å². The van der Waals surface area contributed by atoms with E-state index in [1.54, 1.807) is 13.2 Å². The second kappa shape index (κ2) is 7.67. The van der Waals surface area contributed by atoms with Crippen LogP contribution in [0.2, 0.25) is 0 Å². The summed E-state index contributed by atoms with van der Waals surface area (Å²) in [6, 6.07) is 8.21. The zero-order valence-electron chi connectivity index (χ0n) is 13.4. The number of hydrogen-bond donors (Lipinski definition) is 2. The zero-order valence-corrected chi connectivity index (χ0v) is 13.4. The van der Waals surface area contributed by atoms with Crippen LogP contribution in [0.1, 0.15) is 12.0 Å². The Morgan fingerprint density at radius 2 is 2.30 bits per heavy atom. The number of aromatic nitrogens is 2. The first-order valence-electron chi connectivity index (χ1n) is 8.00. The van der Waals surface area contributed by atoms with Gasteiger partial charge in [0.1, 0.15) is 11.9 Å². The number of aryl methyl sites for hydroxylation is 1. The van der Waals surface area contributed by atoms with Gasteiger partial charge in [-0.3, -0.25) is 4.99 Å². The fourth-order valence-corrected chi connectivity index (χ4v) is 2.69. The Morgan fingerprint density at radius 3 is 3.09 bits per heavy atom. The molecule has 122 valence electrons. The highest BCUT2D eigenvalue weighted by Crippen LogP contribution is 2.27. The molecular weight excluding hydrogens is 290 g/mol. The second-order valence-corrected chi connectivity index (χ2v) is 5.59. The molecule has 0 spiro atoms. The lowest BCUT2D eigenvalue weighted by molar-refractivity contribution is 0.235. The van der Waals surface area contributed by atoms with Gasteiger partial charge < -0.3 is 19.9 Å². The molecule has 0 bridgehead atoms. The van der Waals surface area contributed by atoms with E-state index in [9.17, 15) is 0 Å². The molecule has 1 aromatic carbocycles. The number of rotatable bonds is 6. The smallest absolute Gasteiger partial charge is 0.191 e. The van der Waals surface area contributed by atoms with E-state index in [1.807, 2.05) is 24.7 Å². The molecule has 23 heavy (non-hydrogen) atoms. The Morgan fingerprint density at radius 1 is 1.39 bits per heavy atom. The highest BCUT2D eigenvalue weighted by molar-refractivity contribution is 5.79. The maximum absolute atomic E-state index is 5.92. The number of hydrogen-bond acceptors (Lipinski definition) is 3. The van der Waals surface area contributed by atoms with E-state index >= 15 is 0 Å². The van der Waals surface area contributed by atoms with Crippen LogP contribution >= 0.6 is 0 Å². The average Bonchev–Trinajstić information content (AvgIpc) is 3.23. The third-order valence-corrected chi connectivity index (χ3v) is 3.88. The van der Waals surface area contributed by atoms with Gasteiger partial charge in [0.05, 0.1) is 12.9 Å². The van der Waals surface area contributed by atoms with Crippen LogP contribution in [0.15, 0.2) is 48.0 Å². The van der Waals surface area contributed by atoms with Gasteiger partial charge in [0, 0.05) is 39.0 Å². The van der Waals surface area contributed by atoms with Gasteiger partial charge in [0.2, 0.25) is 0 Å². The van der Waals surface area contributed by atoms with Gasteiger partial charge in [-0.2, -0.15) is 0 Å². The molecule has 1 aliphatic rings. The molecular formula is C17H23N5O. The molecule has 0 saturated carbocycles. The molecule has 0 saturated heterocycles. The molecule has 6 heteroatoms. The number of aliphatic imine (C=N–C) groups is 1. The normalized spacial score (nSPS) is 16.7. The average molecular weight is 313 g/mol. The fraction of sp³-hybridized carbons (Fsp3) is 0.412.